The third-order valence-corrected chi connectivity index (χ3v) is 6.35. The summed E-state index contributed by atoms with van der Waals surface area (Å²) in [5, 5.41) is 4.42. The molecule has 8 heteroatoms. The van der Waals surface area contributed by atoms with Crippen molar-refractivity contribution in [3.05, 3.63) is 54.9 Å². The molecule has 5 rings (SSSR count). The third-order valence-electron chi connectivity index (χ3n) is 6.35. The lowest BCUT2D eigenvalue weighted by molar-refractivity contribution is 0.315. The fraction of sp³-hybridized carbons (Fsp3) is 0.280. The Bertz CT molecular complexity index is 1280. The lowest BCUT2D eigenvalue weighted by Crippen LogP contribution is -2.31. The number of nitrogens with two attached hydrogens (primary N) is 1. The molecule has 8 nitrogen and oxygen atoms in total. The Balaban J connectivity index is 1.43. The van der Waals surface area contributed by atoms with E-state index in [1.54, 1.807) is 13.3 Å². The minimum Gasteiger partial charge on any atom is -0.494 e. The van der Waals surface area contributed by atoms with E-state index in [-0.39, 0.29) is 0 Å². The van der Waals surface area contributed by atoms with E-state index < -0.39 is 0 Å². The monoisotopic (exact) mass is 443 g/mol. The average molecular weight is 444 g/mol. The second-order valence-electron chi connectivity index (χ2n) is 8.60. The molecule has 0 spiro atoms. The standard InChI is InChI=1S/C25H29N7O/c1-31(2)16-9-11-32(15-16)23-13-24(33-3)22(12-19(23)26)30-25-27-10-8-21(29-25)18-14-28-20-7-5-4-6-17(18)20/h4-8,10,12-14,16,28H,9,11,15,26H2,1-3H3,(H,27,29,30)/t16-/m1/s1. The van der Waals surface area contributed by atoms with Gasteiger partial charge in [0.25, 0.3) is 0 Å². The smallest absolute Gasteiger partial charge is 0.227 e. The quantitative estimate of drug-likeness (QED) is 0.386. The summed E-state index contributed by atoms with van der Waals surface area (Å²) >= 11 is 0. The van der Waals surface area contributed by atoms with Gasteiger partial charge in [-0.3, -0.25) is 0 Å². The maximum atomic E-state index is 6.47. The number of hydrogen-bond acceptors (Lipinski definition) is 7. The van der Waals surface area contributed by atoms with Crippen molar-refractivity contribution in [2.45, 2.75) is 12.5 Å². The van der Waals surface area contributed by atoms with Gasteiger partial charge in [-0.1, -0.05) is 18.2 Å². The molecule has 1 fully saturated rings. The molecule has 0 aliphatic carbocycles. The van der Waals surface area contributed by atoms with Crippen molar-refractivity contribution in [2.24, 2.45) is 0 Å². The number of H-pyrrole nitrogens is 1. The number of likely N-dealkylation sites (N-methyl/N-ethyl adjacent to an activating group) is 1. The maximum Gasteiger partial charge on any atom is 0.227 e. The van der Waals surface area contributed by atoms with Crippen LogP contribution in [0.4, 0.5) is 23.0 Å². The van der Waals surface area contributed by atoms with Crippen LogP contribution in [0.5, 0.6) is 5.75 Å². The second-order valence-corrected chi connectivity index (χ2v) is 8.60. The van der Waals surface area contributed by atoms with E-state index in [9.17, 15) is 0 Å². The summed E-state index contributed by atoms with van der Waals surface area (Å²) < 4.78 is 5.69. The van der Waals surface area contributed by atoms with Gasteiger partial charge >= 0.3 is 0 Å². The van der Waals surface area contributed by atoms with Crippen molar-refractivity contribution in [3.63, 3.8) is 0 Å². The normalized spacial score (nSPS) is 16.0. The fourth-order valence-corrected chi connectivity index (χ4v) is 4.48. The highest BCUT2D eigenvalue weighted by Crippen LogP contribution is 2.38. The van der Waals surface area contributed by atoms with Crippen LogP contribution in [0.15, 0.2) is 54.9 Å². The van der Waals surface area contributed by atoms with Crippen LogP contribution in [0.3, 0.4) is 0 Å². The number of nitrogens with one attached hydrogen (secondary N) is 2. The van der Waals surface area contributed by atoms with E-state index in [4.69, 9.17) is 15.5 Å². The number of benzene rings is 2. The highest BCUT2D eigenvalue weighted by atomic mass is 16.5. The molecule has 0 saturated carbocycles. The molecule has 0 radical (unpaired) electrons. The molecule has 4 N–H and O–H groups in total. The van der Waals surface area contributed by atoms with E-state index in [0.717, 1.165) is 53.0 Å². The van der Waals surface area contributed by atoms with E-state index >= 15 is 0 Å². The van der Waals surface area contributed by atoms with Crippen LogP contribution >= 0.6 is 0 Å². The molecule has 33 heavy (non-hydrogen) atoms. The Morgan fingerprint density at radius 3 is 2.85 bits per heavy atom. The van der Waals surface area contributed by atoms with Crippen molar-refractivity contribution >= 4 is 33.9 Å². The third kappa shape index (κ3) is 4.05. The Morgan fingerprint density at radius 1 is 1.21 bits per heavy atom. The number of aromatic nitrogens is 3. The van der Waals surface area contributed by atoms with Gasteiger partial charge in [-0.2, -0.15) is 0 Å². The topological polar surface area (TPSA) is 95.3 Å². The van der Waals surface area contributed by atoms with Gasteiger partial charge in [-0.05, 0) is 38.7 Å². The zero-order valence-corrected chi connectivity index (χ0v) is 19.2. The number of aromatic amines is 1. The molecule has 0 unspecified atom stereocenters. The van der Waals surface area contributed by atoms with Crippen molar-refractivity contribution < 1.29 is 4.74 Å². The first kappa shape index (κ1) is 21.1. The van der Waals surface area contributed by atoms with E-state index in [2.05, 4.69) is 51.3 Å². The van der Waals surface area contributed by atoms with Gasteiger partial charge in [-0.25, -0.2) is 9.97 Å². The second kappa shape index (κ2) is 8.63. The Hall–Kier alpha value is -3.78. The summed E-state index contributed by atoms with van der Waals surface area (Å²) in [4.78, 5) is 17.0. The number of nitrogens with zero attached hydrogens (tertiary/aromatic N) is 4. The summed E-state index contributed by atoms with van der Waals surface area (Å²) in [5.74, 6) is 1.19. The summed E-state index contributed by atoms with van der Waals surface area (Å²) in [6, 6.07) is 14.5. The van der Waals surface area contributed by atoms with Crippen LogP contribution in [-0.4, -0.2) is 60.2 Å². The maximum absolute atomic E-state index is 6.47. The molecular formula is C25H29N7O. The van der Waals surface area contributed by atoms with E-state index in [1.165, 1.54) is 0 Å². The zero-order valence-electron chi connectivity index (χ0n) is 19.2. The summed E-state index contributed by atoms with van der Waals surface area (Å²) in [6.07, 6.45) is 4.84. The summed E-state index contributed by atoms with van der Waals surface area (Å²) in [5.41, 5.74) is 11.8. The van der Waals surface area contributed by atoms with Crippen molar-refractivity contribution in [2.75, 3.05) is 50.2 Å². The molecule has 2 aromatic heterocycles. The van der Waals surface area contributed by atoms with Crippen LogP contribution in [0.1, 0.15) is 6.42 Å². The molecule has 170 valence electrons. The minimum absolute atomic E-state index is 0.483. The summed E-state index contributed by atoms with van der Waals surface area (Å²) in [7, 11) is 5.90. The number of fused-ring (bicyclic) bond motifs is 1. The lowest BCUT2D eigenvalue weighted by Gasteiger charge is -2.24. The van der Waals surface area contributed by atoms with Crippen LogP contribution < -0.4 is 20.7 Å². The zero-order chi connectivity index (χ0) is 22.9. The van der Waals surface area contributed by atoms with Crippen molar-refractivity contribution in [3.8, 4) is 17.0 Å². The van der Waals surface area contributed by atoms with Crippen LogP contribution in [0.25, 0.3) is 22.2 Å². The first-order valence-corrected chi connectivity index (χ1v) is 11.1. The fourth-order valence-electron chi connectivity index (χ4n) is 4.48. The Labute approximate surface area is 193 Å². The number of nitrogen functional groups attached to an aromatic ring is 1. The molecule has 1 aliphatic rings. The van der Waals surface area contributed by atoms with Gasteiger partial charge in [0.1, 0.15) is 5.75 Å². The molecular weight excluding hydrogens is 414 g/mol. The molecule has 0 bridgehead atoms. The van der Waals surface area contributed by atoms with Gasteiger partial charge in [0.05, 0.1) is 29.9 Å². The molecule has 3 heterocycles. The largest absolute Gasteiger partial charge is 0.494 e. The van der Waals surface area contributed by atoms with Gasteiger partial charge < -0.3 is 30.6 Å². The molecule has 1 saturated heterocycles. The number of hydrogen-bond donors (Lipinski definition) is 3. The molecule has 2 aromatic carbocycles. The molecule has 1 atom stereocenters. The molecule has 1 aliphatic heterocycles. The Kier molecular flexibility index (Phi) is 5.51. The predicted molar refractivity (Wildman–Crippen MR) is 134 cm³/mol. The summed E-state index contributed by atoms with van der Waals surface area (Å²) in [6.45, 7) is 1.92. The lowest BCUT2D eigenvalue weighted by atomic mass is 10.1. The average Bonchev–Trinajstić information content (AvgIpc) is 3.47. The van der Waals surface area contributed by atoms with Gasteiger partial charge in [0, 0.05) is 54.1 Å². The number of methoxy groups -OCH3 is 1. The van der Waals surface area contributed by atoms with Crippen molar-refractivity contribution in [1.82, 2.24) is 19.9 Å². The predicted octanol–water partition coefficient (Wildman–Crippen LogP) is 4.10. The van der Waals surface area contributed by atoms with Crippen LogP contribution in [-0.2, 0) is 0 Å². The van der Waals surface area contributed by atoms with Gasteiger partial charge in [0.2, 0.25) is 5.95 Å². The molecule has 0 amide bonds. The highest BCUT2D eigenvalue weighted by Gasteiger charge is 2.26. The van der Waals surface area contributed by atoms with Crippen LogP contribution in [0, 0.1) is 0 Å². The SMILES string of the molecule is COc1cc(N2CC[C@@H](N(C)C)C2)c(N)cc1Nc1nccc(-c2c[nH]c3ccccc23)n1. The minimum atomic E-state index is 0.483. The number of rotatable bonds is 6. The van der Waals surface area contributed by atoms with Gasteiger partial charge in [-0.15, -0.1) is 0 Å². The van der Waals surface area contributed by atoms with Crippen LogP contribution in [0.2, 0.25) is 0 Å². The number of ether oxygens (including phenoxy) is 1. The number of anilines is 4. The van der Waals surface area contributed by atoms with Gasteiger partial charge in [0.15, 0.2) is 0 Å². The van der Waals surface area contributed by atoms with E-state index in [0.29, 0.717) is 23.4 Å². The first-order valence-electron chi connectivity index (χ1n) is 11.1. The van der Waals surface area contributed by atoms with E-state index in [1.807, 2.05) is 36.5 Å². The first-order chi connectivity index (χ1) is 16.0. The highest BCUT2D eigenvalue weighted by molar-refractivity contribution is 5.94. The van der Waals surface area contributed by atoms with Crippen molar-refractivity contribution in [1.29, 1.82) is 0 Å². The number of para-hydroxylation sites is 1. The Morgan fingerprint density at radius 2 is 2.06 bits per heavy atom. The molecule has 4 aromatic rings.